The fourth-order valence-corrected chi connectivity index (χ4v) is 2.00. The molecule has 0 aliphatic rings. The molecule has 0 unspecified atom stereocenters. The van der Waals surface area contributed by atoms with Crippen molar-refractivity contribution in [3.05, 3.63) is 71.8 Å². The van der Waals surface area contributed by atoms with Gasteiger partial charge in [-0.05, 0) is 11.1 Å². The summed E-state index contributed by atoms with van der Waals surface area (Å²) in [6.45, 7) is -0.278. The van der Waals surface area contributed by atoms with Gasteiger partial charge in [-0.3, -0.25) is 9.11 Å². The van der Waals surface area contributed by atoms with E-state index >= 15 is 0 Å². The van der Waals surface area contributed by atoms with E-state index in [4.69, 9.17) is 9.11 Å². The van der Waals surface area contributed by atoms with Crippen LogP contribution in [0.1, 0.15) is 11.1 Å². The van der Waals surface area contributed by atoms with E-state index in [2.05, 4.69) is 8.37 Å². The minimum absolute atomic E-state index is 0. The average Bonchev–Trinajstić information content (AvgIpc) is 2.52. The summed E-state index contributed by atoms with van der Waals surface area (Å²) in [7, 11) is -8.64. The van der Waals surface area contributed by atoms with Crippen molar-refractivity contribution in [1.82, 2.24) is 12.3 Å². The van der Waals surface area contributed by atoms with E-state index in [1.54, 1.807) is 60.7 Å². The van der Waals surface area contributed by atoms with E-state index < -0.39 is 20.8 Å². The van der Waals surface area contributed by atoms with Crippen molar-refractivity contribution in [2.45, 2.75) is 13.2 Å². The third-order valence-electron chi connectivity index (χ3n) is 2.43. The van der Waals surface area contributed by atoms with Crippen molar-refractivity contribution < 1.29 is 34.3 Å². The number of hydrogen-bond acceptors (Lipinski definition) is 8. The van der Waals surface area contributed by atoms with Crippen LogP contribution in [0.3, 0.4) is 0 Å². The normalized spacial score (nSPS) is 10.5. The highest BCUT2D eigenvalue weighted by Crippen LogP contribution is 2.02. The van der Waals surface area contributed by atoms with Gasteiger partial charge in [0.2, 0.25) is 0 Å². The molecule has 12 heteroatoms. The molecule has 8 N–H and O–H groups in total. The molecule has 0 aromatic heterocycles. The van der Waals surface area contributed by atoms with Crippen LogP contribution in [0.4, 0.5) is 0 Å². The Morgan fingerprint density at radius 1 is 0.615 bits per heavy atom. The van der Waals surface area contributed by atoms with Crippen LogP contribution in [-0.2, 0) is 42.4 Å². The first-order valence-electron chi connectivity index (χ1n) is 6.47. The molecule has 0 aliphatic carbocycles. The third-order valence-corrected chi connectivity index (χ3v) is 3.27. The largest absolute Gasteiger partial charge is 0.397 e. The monoisotopic (exact) mass is 410 g/mol. The summed E-state index contributed by atoms with van der Waals surface area (Å²) in [5.41, 5.74) is 1.38. The lowest BCUT2D eigenvalue weighted by Crippen LogP contribution is -2.03. The van der Waals surface area contributed by atoms with Crippen LogP contribution in [0.15, 0.2) is 60.7 Å². The van der Waals surface area contributed by atoms with Crippen LogP contribution in [0.25, 0.3) is 0 Å². The number of rotatable bonds is 6. The van der Waals surface area contributed by atoms with E-state index in [1.165, 1.54) is 0 Å². The van der Waals surface area contributed by atoms with Crippen LogP contribution in [-0.4, -0.2) is 25.9 Å². The van der Waals surface area contributed by atoms with E-state index in [9.17, 15) is 16.8 Å². The Bertz CT molecular complexity index is 741. The molecular weight excluding hydrogens is 388 g/mol. The lowest BCUT2D eigenvalue weighted by molar-refractivity contribution is 0.258. The van der Waals surface area contributed by atoms with Crippen LogP contribution < -0.4 is 12.3 Å². The van der Waals surface area contributed by atoms with Gasteiger partial charge >= 0.3 is 20.8 Å². The van der Waals surface area contributed by atoms with Crippen molar-refractivity contribution in [2.75, 3.05) is 0 Å². The third kappa shape index (κ3) is 14.4. The predicted octanol–water partition coefficient (Wildman–Crippen LogP) is 2.34. The van der Waals surface area contributed by atoms with Crippen LogP contribution >= 0.6 is 0 Å². The summed E-state index contributed by atoms with van der Waals surface area (Å²) < 4.78 is 65.3. The zero-order valence-corrected chi connectivity index (χ0v) is 15.4. The molecule has 2 rings (SSSR count). The maximum Gasteiger partial charge on any atom is 0.397 e. The van der Waals surface area contributed by atoms with Crippen LogP contribution in [0.2, 0.25) is 0 Å². The van der Waals surface area contributed by atoms with Gasteiger partial charge in [0, 0.05) is 0 Å². The van der Waals surface area contributed by atoms with Gasteiger partial charge in [0.05, 0.1) is 13.2 Å². The summed E-state index contributed by atoms with van der Waals surface area (Å²) in [4.78, 5) is 0. The maximum atomic E-state index is 10.1. The van der Waals surface area contributed by atoms with Gasteiger partial charge in [0.15, 0.2) is 0 Å². The molecule has 2 aromatic carbocycles. The van der Waals surface area contributed by atoms with Crippen molar-refractivity contribution in [3.8, 4) is 0 Å². The molecule has 0 bridgehead atoms. The maximum absolute atomic E-state index is 10.1. The summed E-state index contributed by atoms with van der Waals surface area (Å²) >= 11 is 0. The first-order chi connectivity index (χ1) is 11.2. The predicted molar refractivity (Wildman–Crippen MR) is 95.6 cm³/mol. The highest BCUT2D eigenvalue weighted by atomic mass is 32.3. The highest BCUT2D eigenvalue weighted by molar-refractivity contribution is 7.81. The first kappa shape index (κ1) is 26.3. The molecule has 26 heavy (non-hydrogen) atoms. The molecule has 2 aromatic rings. The molecule has 0 spiro atoms. The molecule has 0 atom stereocenters. The SMILES string of the molecule is N.N.O=S(=O)(O)OCc1ccccc1.O=S(=O)(O)OCc1ccccc1. The molecule has 0 saturated heterocycles. The van der Waals surface area contributed by atoms with Crippen molar-refractivity contribution in [1.29, 1.82) is 0 Å². The zero-order chi connectivity index (χ0) is 18.1. The molecule has 0 saturated carbocycles. The van der Waals surface area contributed by atoms with Gasteiger partial charge < -0.3 is 12.3 Å². The fourth-order valence-electron chi connectivity index (χ4n) is 1.43. The average molecular weight is 410 g/mol. The lowest BCUT2D eigenvalue weighted by atomic mass is 10.2. The topological polar surface area (TPSA) is 197 Å². The van der Waals surface area contributed by atoms with Crippen LogP contribution in [0.5, 0.6) is 0 Å². The first-order valence-corrected chi connectivity index (χ1v) is 9.20. The Kier molecular flexibility index (Phi) is 12.6. The second-order valence-electron chi connectivity index (χ2n) is 4.35. The summed E-state index contributed by atoms with van der Waals surface area (Å²) in [5, 5.41) is 0. The molecular formula is C14H22N2O8S2. The van der Waals surface area contributed by atoms with E-state index in [0.717, 1.165) is 0 Å². The number of hydrogen-bond donors (Lipinski definition) is 4. The second-order valence-corrected chi connectivity index (χ2v) is 6.53. The van der Waals surface area contributed by atoms with E-state index in [1.807, 2.05) is 0 Å². The standard InChI is InChI=1S/2C7H8O4S.2H3N/c2*8-12(9,10)11-6-7-4-2-1-3-5-7;;/h2*1-5H,6H2,(H,8,9,10);2*1H3. The lowest BCUT2D eigenvalue weighted by Gasteiger charge is -1.98. The summed E-state index contributed by atoms with van der Waals surface area (Å²) in [6.07, 6.45) is 0. The minimum Gasteiger partial charge on any atom is -0.344 e. The smallest absolute Gasteiger partial charge is 0.344 e. The van der Waals surface area contributed by atoms with Gasteiger partial charge in [-0.25, -0.2) is 8.37 Å². The molecule has 0 amide bonds. The Morgan fingerprint density at radius 2 is 0.885 bits per heavy atom. The molecule has 0 heterocycles. The van der Waals surface area contributed by atoms with Gasteiger partial charge in [-0.1, -0.05) is 60.7 Å². The Balaban J connectivity index is 0. The molecule has 0 radical (unpaired) electrons. The van der Waals surface area contributed by atoms with E-state index in [0.29, 0.717) is 11.1 Å². The minimum atomic E-state index is -4.32. The van der Waals surface area contributed by atoms with Gasteiger partial charge in [-0.15, -0.1) is 0 Å². The molecule has 0 fully saturated rings. The summed E-state index contributed by atoms with van der Waals surface area (Å²) in [5.74, 6) is 0. The van der Waals surface area contributed by atoms with Crippen molar-refractivity contribution >= 4 is 20.8 Å². The van der Waals surface area contributed by atoms with E-state index in [-0.39, 0.29) is 25.5 Å². The Morgan fingerprint density at radius 3 is 1.12 bits per heavy atom. The summed E-state index contributed by atoms with van der Waals surface area (Å²) in [6, 6.07) is 17.4. The van der Waals surface area contributed by atoms with Gasteiger partial charge in [0.25, 0.3) is 0 Å². The quantitative estimate of drug-likeness (QED) is 0.512. The second kappa shape index (κ2) is 12.5. The number of benzene rings is 2. The molecule has 148 valence electrons. The fraction of sp³-hybridized carbons (Fsp3) is 0.143. The van der Waals surface area contributed by atoms with Crippen molar-refractivity contribution in [2.24, 2.45) is 0 Å². The van der Waals surface area contributed by atoms with Crippen molar-refractivity contribution in [3.63, 3.8) is 0 Å². The Labute approximate surface area is 152 Å². The van der Waals surface area contributed by atoms with Gasteiger partial charge in [0.1, 0.15) is 0 Å². The highest BCUT2D eigenvalue weighted by Gasteiger charge is 2.04. The van der Waals surface area contributed by atoms with Crippen LogP contribution in [0, 0.1) is 0 Å². The molecule has 0 aliphatic heterocycles. The Hall–Kier alpha value is -1.90. The van der Waals surface area contributed by atoms with Gasteiger partial charge in [-0.2, -0.15) is 16.8 Å². The zero-order valence-electron chi connectivity index (χ0n) is 13.8. The molecule has 10 nitrogen and oxygen atoms in total.